The average molecular weight is 439 g/mol. The number of nitrogens with one attached hydrogen (secondary N) is 3. The van der Waals surface area contributed by atoms with E-state index in [1.807, 2.05) is 24.3 Å². The van der Waals surface area contributed by atoms with Gasteiger partial charge in [-0.3, -0.25) is 14.4 Å². The zero-order valence-corrected chi connectivity index (χ0v) is 18.0. The van der Waals surface area contributed by atoms with Crippen molar-refractivity contribution in [1.82, 2.24) is 20.0 Å². The van der Waals surface area contributed by atoms with Crippen LogP contribution in [0.1, 0.15) is 30.7 Å². The van der Waals surface area contributed by atoms with Crippen molar-refractivity contribution in [3.8, 4) is 0 Å². The molecule has 0 atom stereocenters. The third kappa shape index (κ3) is 4.23. The second-order valence-electron chi connectivity index (χ2n) is 7.86. The molecule has 5 rings (SSSR count). The summed E-state index contributed by atoms with van der Waals surface area (Å²) in [7, 11) is 0. The fourth-order valence-electron chi connectivity index (χ4n) is 4.43. The maximum absolute atomic E-state index is 12.7. The highest BCUT2D eigenvalue weighted by molar-refractivity contribution is 6.06. The van der Waals surface area contributed by atoms with Crippen LogP contribution in [0.5, 0.6) is 0 Å². The van der Waals surface area contributed by atoms with Gasteiger partial charge in [0.1, 0.15) is 5.54 Å². The Morgan fingerprint density at radius 1 is 1.07 bits per heavy atom. The monoisotopic (exact) mass is 438 g/mol. The molecule has 0 bridgehead atoms. The van der Waals surface area contributed by atoms with Gasteiger partial charge in [-0.1, -0.05) is 12.1 Å². The number of piperidine rings is 1. The number of amides is 1. The van der Waals surface area contributed by atoms with E-state index in [1.165, 1.54) is 5.69 Å². The van der Waals surface area contributed by atoms with Gasteiger partial charge in [-0.15, -0.1) is 24.8 Å². The molecule has 29 heavy (non-hydrogen) atoms. The lowest BCUT2D eigenvalue weighted by atomic mass is 9.84. The summed E-state index contributed by atoms with van der Waals surface area (Å²) in [6, 6.07) is 10.2. The minimum Gasteiger partial charge on any atom is -0.369 e. The average Bonchev–Trinajstić information content (AvgIpc) is 2.93. The Bertz CT molecular complexity index is 839. The first kappa shape index (κ1) is 21.9. The lowest BCUT2D eigenvalue weighted by Crippen LogP contribution is -2.58. The molecule has 1 aromatic carbocycles. The maximum Gasteiger partial charge on any atom is 0.250 e. The largest absolute Gasteiger partial charge is 0.369 e. The van der Waals surface area contributed by atoms with E-state index in [0.29, 0.717) is 0 Å². The Morgan fingerprint density at radius 2 is 1.83 bits per heavy atom. The predicted molar refractivity (Wildman–Crippen MR) is 119 cm³/mol. The van der Waals surface area contributed by atoms with Crippen molar-refractivity contribution in [3.05, 3.63) is 41.7 Å². The van der Waals surface area contributed by atoms with Crippen LogP contribution >= 0.6 is 24.8 Å². The predicted octanol–water partition coefficient (Wildman–Crippen LogP) is 2.62. The molecule has 1 saturated heterocycles. The van der Waals surface area contributed by atoms with E-state index < -0.39 is 5.54 Å². The lowest BCUT2D eigenvalue weighted by Gasteiger charge is -2.44. The van der Waals surface area contributed by atoms with Crippen LogP contribution in [-0.4, -0.2) is 45.8 Å². The Balaban J connectivity index is 0.00000120. The molecule has 3 N–H and O–H groups in total. The van der Waals surface area contributed by atoms with Crippen molar-refractivity contribution in [2.45, 2.75) is 44.4 Å². The van der Waals surface area contributed by atoms with Gasteiger partial charge in [0.05, 0.1) is 22.8 Å². The van der Waals surface area contributed by atoms with Gasteiger partial charge in [-0.2, -0.15) is 5.10 Å². The van der Waals surface area contributed by atoms with Crippen molar-refractivity contribution in [1.29, 1.82) is 0 Å². The van der Waals surface area contributed by atoms with Crippen LogP contribution in [0.2, 0.25) is 0 Å². The van der Waals surface area contributed by atoms with Crippen LogP contribution in [0.4, 0.5) is 11.4 Å². The Kier molecular flexibility index (Phi) is 6.73. The summed E-state index contributed by atoms with van der Waals surface area (Å²) in [5.74, 6) is 0.0978. The number of hydrogen-bond acceptors (Lipinski definition) is 5. The molecule has 4 heterocycles. The van der Waals surface area contributed by atoms with E-state index in [9.17, 15) is 4.79 Å². The van der Waals surface area contributed by atoms with Crippen molar-refractivity contribution in [2.24, 2.45) is 0 Å². The third-order valence-corrected chi connectivity index (χ3v) is 6.02. The van der Waals surface area contributed by atoms with Gasteiger partial charge in [0.15, 0.2) is 0 Å². The van der Waals surface area contributed by atoms with E-state index in [0.717, 1.165) is 75.6 Å². The van der Waals surface area contributed by atoms with E-state index in [-0.39, 0.29) is 30.7 Å². The van der Waals surface area contributed by atoms with Gasteiger partial charge >= 0.3 is 0 Å². The Morgan fingerprint density at radius 3 is 2.62 bits per heavy atom. The molecule has 1 amide bonds. The van der Waals surface area contributed by atoms with E-state index >= 15 is 0 Å². The molecule has 1 fully saturated rings. The molecule has 0 radical (unpaired) electrons. The highest BCUT2D eigenvalue weighted by Crippen LogP contribution is 2.36. The van der Waals surface area contributed by atoms with E-state index in [4.69, 9.17) is 5.10 Å². The number of hydrogen-bond donors (Lipinski definition) is 3. The number of halogens is 2. The van der Waals surface area contributed by atoms with Gasteiger partial charge in [0, 0.05) is 32.7 Å². The summed E-state index contributed by atoms with van der Waals surface area (Å²) in [6.07, 6.45) is 2.74. The van der Waals surface area contributed by atoms with Gasteiger partial charge in [-0.25, -0.2) is 0 Å². The number of nitrogens with zero attached hydrogens (tertiary/aromatic N) is 3. The lowest BCUT2D eigenvalue weighted by molar-refractivity contribution is -0.122. The number of anilines is 2. The third-order valence-electron chi connectivity index (χ3n) is 6.02. The number of carbonyl (C=O) groups is 1. The van der Waals surface area contributed by atoms with Crippen molar-refractivity contribution in [2.75, 3.05) is 30.3 Å². The number of rotatable bonds is 2. The number of benzene rings is 1. The van der Waals surface area contributed by atoms with Gasteiger partial charge in [-0.05, 0) is 44.0 Å². The van der Waals surface area contributed by atoms with Crippen LogP contribution in [0.25, 0.3) is 0 Å². The molecule has 9 heteroatoms. The summed E-state index contributed by atoms with van der Waals surface area (Å²) in [6.45, 7) is 5.60. The van der Waals surface area contributed by atoms with E-state index in [2.05, 4.69) is 31.6 Å². The molecule has 2 aromatic rings. The molecule has 0 unspecified atom stereocenters. The summed E-state index contributed by atoms with van der Waals surface area (Å²) in [4.78, 5) is 15.2. The van der Waals surface area contributed by atoms with Crippen LogP contribution in [0.3, 0.4) is 0 Å². The minimum atomic E-state index is -0.486. The summed E-state index contributed by atoms with van der Waals surface area (Å²) in [5.41, 5.74) is 3.83. The zero-order chi connectivity index (χ0) is 18.3. The van der Waals surface area contributed by atoms with Crippen LogP contribution in [0.15, 0.2) is 30.3 Å². The normalized spacial score (nSPS) is 20.2. The van der Waals surface area contributed by atoms with Crippen LogP contribution in [-0.2, 0) is 24.4 Å². The molecule has 1 aromatic heterocycles. The molecule has 7 nitrogen and oxygen atoms in total. The van der Waals surface area contributed by atoms with Crippen molar-refractivity contribution < 1.29 is 4.79 Å². The number of likely N-dealkylation sites (tertiary alicyclic amines) is 1. The van der Waals surface area contributed by atoms with Crippen molar-refractivity contribution in [3.63, 3.8) is 0 Å². The second-order valence-corrected chi connectivity index (χ2v) is 7.86. The van der Waals surface area contributed by atoms with Crippen molar-refractivity contribution >= 4 is 42.1 Å². The van der Waals surface area contributed by atoms with Gasteiger partial charge < -0.3 is 16.0 Å². The highest BCUT2D eigenvalue weighted by atomic mass is 35.5. The number of para-hydroxylation sites is 2. The fraction of sp³-hybridized carbons (Fsp3) is 0.500. The molecule has 0 saturated carbocycles. The summed E-state index contributed by atoms with van der Waals surface area (Å²) >= 11 is 0. The minimum absolute atomic E-state index is 0. The fourth-order valence-corrected chi connectivity index (χ4v) is 4.43. The van der Waals surface area contributed by atoms with Crippen LogP contribution < -0.4 is 16.0 Å². The number of aryl methyl sites for hydroxylation is 1. The first-order valence-corrected chi connectivity index (χ1v) is 9.89. The summed E-state index contributed by atoms with van der Waals surface area (Å²) < 4.78 is 2.15. The van der Waals surface area contributed by atoms with Gasteiger partial charge in [0.2, 0.25) is 5.91 Å². The topological polar surface area (TPSA) is 74.2 Å². The molecule has 1 spiro atoms. The van der Waals surface area contributed by atoms with Crippen LogP contribution in [0, 0.1) is 0 Å². The molecule has 0 aliphatic carbocycles. The highest BCUT2D eigenvalue weighted by Gasteiger charge is 2.44. The summed E-state index contributed by atoms with van der Waals surface area (Å²) in [5, 5.41) is 14.8. The Labute approximate surface area is 183 Å². The second kappa shape index (κ2) is 8.92. The quantitative estimate of drug-likeness (QED) is 0.671. The first-order chi connectivity index (χ1) is 13.2. The number of carbonyl (C=O) groups excluding carboxylic acids is 1. The zero-order valence-electron chi connectivity index (χ0n) is 16.3. The molecule has 3 aliphatic rings. The molecular formula is C20H28Cl2N6O. The molecule has 158 valence electrons. The standard InChI is InChI=1S/C20H26N6O.2ClH/c27-19-20(23-18-5-2-1-4-17(18)22-19)6-10-25(11-7-20)14-15-12-16-13-21-8-3-9-26(16)24-15;;/h1-2,4-5,12,21,23H,3,6-11,13-14H2,(H,22,27);2*1H. The van der Waals surface area contributed by atoms with E-state index in [1.54, 1.807) is 0 Å². The first-order valence-electron chi connectivity index (χ1n) is 9.89. The van der Waals surface area contributed by atoms with Gasteiger partial charge in [0.25, 0.3) is 0 Å². The number of aromatic nitrogens is 2. The molecule has 3 aliphatic heterocycles. The molecular weight excluding hydrogens is 411 g/mol. The SMILES string of the molecule is Cl.Cl.O=C1Nc2ccccc2NC12CCN(Cc1cc3n(n1)CCCNC3)CC2. The number of fused-ring (bicyclic) bond motifs is 2. The smallest absolute Gasteiger partial charge is 0.250 e. The maximum atomic E-state index is 12.7. The Hall–Kier alpha value is -1.80.